The van der Waals surface area contributed by atoms with Crippen LogP contribution < -0.4 is 24.8 Å². The van der Waals surface area contributed by atoms with Crippen molar-refractivity contribution >= 4 is 3.21 Å². The van der Waals surface area contributed by atoms with E-state index >= 15 is 0 Å². The summed E-state index contributed by atoms with van der Waals surface area (Å²) in [5, 5.41) is 0. The summed E-state index contributed by atoms with van der Waals surface area (Å²) < 4.78 is 3.73. The van der Waals surface area contributed by atoms with Gasteiger partial charge in [0.25, 0.3) is 0 Å². The Hall–Kier alpha value is -2.31. The number of rotatable bonds is 4. The zero-order chi connectivity index (χ0) is 34.1. The van der Waals surface area contributed by atoms with Crippen molar-refractivity contribution in [3.05, 3.63) is 150 Å². The molecule has 0 saturated carbocycles. The molecule has 0 saturated heterocycles. The summed E-state index contributed by atoms with van der Waals surface area (Å²) in [5.74, 6) is 0.429. The van der Waals surface area contributed by atoms with E-state index in [4.69, 9.17) is 0 Å². The second-order valence-corrected chi connectivity index (χ2v) is 23.3. The zero-order valence-electron chi connectivity index (χ0n) is 31.6. The maximum Gasteiger partial charge on any atom is -1.00 e. The minimum Gasteiger partial charge on any atom is -1.00 e. The van der Waals surface area contributed by atoms with E-state index in [1.54, 1.807) is 17.6 Å². The summed E-state index contributed by atoms with van der Waals surface area (Å²) in [5.41, 5.74) is 16.4. The number of aryl methyl sites for hydroxylation is 2. The van der Waals surface area contributed by atoms with E-state index in [0.717, 1.165) is 0 Å². The number of hydrogen-bond donors (Lipinski definition) is 0. The normalized spacial score (nSPS) is 15.6. The fourth-order valence-electron chi connectivity index (χ4n) is 8.14. The number of fused-ring (bicyclic) bond motifs is 3. The van der Waals surface area contributed by atoms with Crippen LogP contribution in [-0.4, -0.2) is 3.21 Å². The minimum absolute atomic E-state index is 0. The van der Waals surface area contributed by atoms with Gasteiger partial charge in [-0.25, -0.2) is 0 Å². The molecule has 1 atom stereocenters. The minimum atomic E-state index is -2.87. The molecule has 2 aliphatic rings. The molecule has 2 aliphatic carbocycles. The molecule has 4 aromatic rings. The first kappa shape index (κ1) is 39.5. The Balaban J connectivity index is 0.00000270. The number of hydrogen-bond acceptors (Lipinski definition) is 0. The molecule has 4 aromatic carbocycles. The van der Waals surface area contributed by atoms with Gasteiger partial charge >= 0.3 is 295 Å². The van der Waals surface area contributed by atoms with Crippen molar-refractivity contribution in [1.29, 1.82) is 0 Å². The van der Waals surface area contributed by atoms with Crippen molar-refractivity contribution in [3.63, 3.8) is 0 Å². The monoisotopic (exact) mass is 766 g/mol. The van der Waals surface area contributed by atoms with Crippen LogP contribution in [0.2, 0.25) is 0 Å². The molecule has 0 radical (unpaired) electrons. The maximum absolute atomic E-state index is 2.87. The summed E-state index contributed by atoms with van der Waals surface area (Å²) in [6.07, 6.45) is 5.25. The number of benzene rings is 4. The van der Waals surface area contributed by atoms with Crippen LogP contribution in [0.3, 0.4) is 0 Å². The molecular weight excluding hydrogens is 715 g/mol. The van der Waals surface area contributed by atoms with Crippen LogP contribution in [0.1, 0.15) is 117 Å². The molecule has 3 heteroatoms. The van der Waals surface area contributed by atoms with Gasteiger partial charge in [0.05, 0.1) is 0 Å². The molecule has 256 valence electrons. The topological polar surface area (TPSA) is 0 Å². The van der Waals surface area contributed by atoms with Crippen molar-refractivity contribution in [1.82, 2.24) is 0 Å². The second kappa shape index (κ2) is 14.4. The van der Waals surface area contributed by atoms with Crippen molar-refractivity contribution in [2.45, 2.75) is 97.5 Å². The Kier molecular flexibility index (Phi) is 11.6. The molecule has 0 fully saturated rings. The molecule has 0 N–H and O–H groups in total. The molecule has 0 aliphatic heterocycles. The van der Waals surface area contributed by atoms with Crippen LogP contribution in [0.4, 0.5) is 0 Å². The molecule has 49 heavy (non-hydrogen) atoms. The van der Waals surface area contributed by atoms with Gasteiger partial charge in [-0.1, -0.05) is 0 Å². The second-order valence-electron chi connectivity index (χ2n) is 17.2. The number of halogens is 2. The Morgan fingerprint density at radius 2 is 0.980 bits per heavy atom. The van der Waals surface area contributed by atoms with Crippen molar-refractivity contribution in [2.75, 3.05) is 0 Å². The Morgan fingerprint density at radius 3 is 1.33 bits per heavy atom. The smallest absolute Gasteiger partial charge is 1.00 e. The SMILES string of the molecule is Cc1cc2c(cc1C(C)(C)C)-c1cc(C(C)(C)C)c(C)cc1[CH]2[Zr+2]([C]1=CC(C(C)(C)C)=CC1C)=[C](c1ccccc1)c1ccccc1.[Cl-].[Cl-]. The molecule has 6 rings (SSSR count). The quantitative estimate of drug-likeness (QED) is 0.227. The van der Waals surface area contributed by atoms with Gasteiger partial charge in [-0.05, 0) is 0 Å². The molecule has 0 bridgehead atoms. The average Bonchev–Trinajstić information content (AvgIpc) is 3.52. The van der Waals surface area contributed by atoms with Crippen LogP contribution in [-0.2, 0) is 32.1 Å². The van der Waals surface area contributed by atoms with E-state index in [2.05, 4.69) is 180 Å². The summed E-state index contributed by atoms with van der Waals surface area (Å²) in [6.45, 7) is 28.5. The Morgan fingerprint density at radius 1 is 0.571 bits per heavy atom. The van der Waals surface area contributed by atoms with Gasteiger partial charge in [0.2, 0.25) is 0 Å². The Labute approximate surface area is 317 Å². The first-order valence-electron chi connectivity index (χ1n) is 17.6. The summed E-state index contributed by atoms with van der Waals surface area (Å²) in [6, 6.07) is 33.2. The van der Waals surface area contributed by atoms with Crippen LogP contribution in [0.5, 0.6) is 0 Å². The van der Waals surface area contributed by atoms with Gasteiger partial charge in [-0.15, -0.1) is 0 Å². The molecule has 1 unspecified atom stereocenters. The van der Waals surface area contributed by atoms with E-state index < -0.39 is 21.3 Å². The molecule has 0 heterocycles. The molecule has 0 amide bonds. The fraction of sp³-hybridized carbons (Fsp3) is 0.370. The van der Waals surface area contributed by atoms with E-state index in [-0.39, 0.29) is 41.1 Å². The largest absolute Gasteiger partial charge is 1.00 e. The maximum atomic E-state index is 2.66. The van der Waals surface area contributed by atoms with Gasteiger partial charge in [0.15, 0.2) is 0 Å². The summed E-state index contributed by atoms with van der Waals surface area (Å²) in [4.78, 5) is 0. The van der Waals surface area contributed by atoms with Crippen molar-refractivity contribution in [3.8, 4) is 11.1 Å². The zero-order valence-corrected chi connectivity index (χ0v) is 35.6. The van der Waals surface area contributed by atoms with Crippen molar-refractivity contribution < 1.29 is 46.1 Å². The Bertz CT molecular complexity index is 1830. The first-order valence-corrected chi connectivity index (χ1v) is 21.4. The third-order valence-corrected chi connectivity index (χ3v) is 19.1. The average molecular weight is 769 g/mol. The van der Waals surface area contributed by atoms with Crippen LogP contribution >= 0.6 is 0 Å². The van der Waals surface area contributed by atoms with Crippen molar-refractivity contribution in [2.24, 2.45) is 11.3 Å². The third-order valence-electron chi connectivity index (χ3n) is 10.4. The molecule has 0 nitrogen and oxygen atoms in total. The van der Waals surface area contributed by atoms with Crippen LogP contribution in [0.15, 0.2) is 106 Å². The predicted octanol–water partition coefficient (Wildman–Crippen LogP) is 6.37. The molecule has 0 aromatic heterocycles. The van der Waals surface area contributed by atoms with Crippen LogP contribution in [0, 0.1) is 25.2 Å². The predicted molar refractivity (Wildman–Crippen MR) is 201 cm³/mol. The summed E-state index contributed by atoms with van der Waals surface area (Å²) in [7, 11) is 0. The molecule has 0 spiro atoms. The van der Waals surface area contributed by atoms with Gasteiger partial charge in [0, 0.05) is 0 Å². The third kappa shape index (κ3) is 7.52. The van der Waals surface area contributed by atoms with E-state index in [1.807, 2.05) is 0 Å². The fourth-order valence-corrected chi connectivity index (χ4v) is 17.6. The van der Waals surface area contributed by atoms with Gasteiger partial charge < -0.3 is 24.8 Å². The van der Waals surface area contributed by atoms with E-state index in [1.165, 1.54) is 50.1 Å². The number of allylic oxidation sites excluding steroid dienone is 4. The van der Waals surface area contributed by atoms with E-state index in [9.17, 15) is 0 Å². The molecular formula is C46H54Cl2Zr. The van der Waals surface area contributed by atoms with E-state index in [0.29, 0.717) is 9.54 Å². The van der Waals surface area contributed by atoms with Gasteiger partial charge in [-0.2, -0.15) is 0 Å². The van der Waals surface area contributed by atoms with Gasteiger partial charge in [-0.3, -0.25) is 0 Å². The summed E-state index contributed by atoms with van der Waals surface area (Å²) >= 11 is -2.87. The van der Waals surface area contributed by atoms with Gasteiger partial charge in [0.1, 0.15) is 0 Å². The first-order chi connectivity index (χ1) is 22.0. The standard InChI is InChI=1S/C23H29.C13H10.C10H15.2ClH.Zr/c1-14-9-16-11-17-10-15(2)21(23(6,7)8)13-19(17)18(16)12-20(14)22(3,4)5;1-3-7-12(8-4-1)11-13-9-5-2-6-10-13;1-8-5-6-9(7-8)10(2,3)4;;;/h9-13H,1-8H3;1-10H;6-8H,1-4H3;2*1H;/q;;;;;+2/p-2. The van der Waals surface area contributed by atoms with Crippen LogP contribution in [0.25, 0.3) is 11.1 Å².